The highest BCUT2D eigenvalue weighted by Gasteiger charge is 2.28. The molecule has 1 amide bonds. The van der Waals surface area contributed by atoms with Crippen LogP contribution in [0, 0.1) is 5.92 Å². The zero-order valence-electron chi connectivity index (χ0n) is 12.1. The third kappa shape index (κ3) is 2.81. The topological polar surface area (TPSA) is 64.2 Å². The van der Waals surface area contributed by atoms with Crippen molar-refractivity contribution >= 4 is 5.91 Å². The van der Waals surface area contributed by atoms with E-state index in [0.717, 1.165) is 31.7 Å². The standard InChI is InChI=1S/C14H24N4O/c1-4-18-13(7-12(16-18)10(2)3)14(19)17-6-5-11(8-15)9-17/h7,10-11H,4-6,8-9,15H2,1-3H3. The summed E-state index contributed by atoms with van der Waals surface area (Å²) in [5, 5.41) is 4.50. The Hall–Kier alpha value is -1.36. The zero-order valence-corrected chi connectivity index (χ0v) is 12.1. The molecule has 2 heterocycles. The second-order valence-electron chi connectivity index (χ2n) is 5.57. The van der Waals surface area contributed by atoms with Gasteiger partial charge in [-0.1, -0.05) is 13.8 Å². The van der Waals surface area contributed by atoms with Gasteiger partial charge in [-0.05, 0) is 37.8 Å². The molecule has 1 atom stereocenters. The lowest BCUT2D eigenvalue weighted by molar-refractivity contribution is 0.0775. The molecule has 2 N–H and O–H groups in total. The van der Waals surface area contributed by atoms with Gasteiger partial charge in [-0.2, -0.15) is 5.10 Å². The highest BCUT2D eigenvalue weighted by Crippen LogP contribution is 2.20. The van der Waals surface area contributed by atoms with Gasteiger partial charge in [0.25, 0.3) is 5.91 Å². The lowest BCUT2D eigenvalue weighted by Gasteiger charge is -2.16. The van der Waals surface area contributed by atoms with Crippen molar-refractivity contribution in [2.24, 2.45) is 11.7 Å². The molecule has 1 saturated heterocycles. The van der Waals surface area contributed by atoms with Crippen LogP contribution in [0.2, 0.25) is 0 Å². The minimum Gasteiger partial charge on any atom is -0.337 e. The maximum atomic E-state index is 12.5. The van der Waals surface area contributed by atoms with Crippen molar-refractivity contribution < 1.29 is 4.79 Å². The smallest absolute Gasteiger partial charge is 0.272 e. The zero-order chi connectivity index (χ0) is 14.0. The lowest BCUT2D eigenvalue weighted by Crippen LogP contribution is -2.31. The van der Waals surface area contributed by atoms with Crippen LogP contribution in [0.4, 0.5) is 0 Å². The van der Waals surface area contributed by atoms with Crippen LogP contribution in [-0.2, 0) is 6.54 Å². The van der Waals surface area contributed by atoms with Gasteiger partial charge < -0.3 is 10.6 Å². The molecule has 19 heavy (non-hydrogen) atoms. The van der Waals surface area contributed by atoms with Crippen LogP contribution in [0.1, 0.15) is 49.3 Å². The predicted octanol–water partition coefficient (Wildman–Crippen LogP) is 1.45. The van der Waals surface area contributed by atoms with Crippen LogP contribution < -0.4 is 5.73 Å². The van der Waals surface area contributed by atoms with E-state index < -0.39 is 0 Å². The summed E-state index contributed by atoms with van der Waals surface area (Å²) >= 11 is 0. The summed E-state index contributed by atoms with van der Waals surface area (Å²) in [6.07, 6.45) is 1.01. The average Bonchev–Trinajstić information content (AvgIpc) is 3.04. The van der Waals surface area contributed by atoms with Gasteiger partial charge in [0.15, 0.2) is 0 Å². The summed E-state index contributed by atoms with van der Waals surface area (Å²) in [4.78, 5) is 14.5. The Morgan fingerprint density at radius 3 is 2.84 bits per heavy atom. The van der Waals surface area contributed by atoms with Gasteiger partial charge in [-0.3, -0.25) is 9.48 Å². The van der Waals surface area contributed by atoms with Gasteiger partial charge in [-0.25, -0.2) is 0 Å². The van der Waals surface area contributed by atoms with Crippen molar-refractivity contribution in [3.63, 3.8) is 0 Å². The molecule has 0 aliphatic carbocycles. The maximum absolute atomic E-state index is 12.5. The summed E-state index contributed by atoms with van der Waals surface area (Å²) in [5.74, 6) is 0.887. The van der Waals surface area contributed by atoms with Gasteiger partial charge in [0.05, 0.1) is 5.69 Å². The fourth-order valence-corrected chi connectivity index (χ4v) is 2.50. The van der Waals surface area contributed by atoms with Gasteiger partial charge in [0.1, 0.15) is 5.69 Å². The minimum absolute atomic E-state index is 0.0946. The van der Waals surface area contributed by atoms with Gasteiger partial charge in [0.2, 0.25) is 0 Å². The van der Waals surface area contributed by atoms with E-state index >= 15 is 0 Å². The summed E-state index contributed by atoms with van der Waals surface area (Å²) in [6.45, 7) is 9.18. The Kier molecular flexibility index (Phi) is 4.24. The molecule has 5 nitrogen and oxygen atoms in total. The van der Waals surface area contributed by atoms with Gasteiger partial charge >= 0.3 is 0 Å². The van der Waals surface area contributed by atoms with Crippen LogP contribution in [0.5, 0.6) is 0 Å². The SMILES string of the molecule is CCn1nc(C(C)C)cc1C(=O)N1CCC(CN)C1. The van der Waals surface area contributed by atoms with Crippen molar-refractivity contribution in [3.8, 4) is 0 Å². The molecular weight excluding hydrogens is 240 g/mol. The van der Waals surface area contributed by atoms with Crippen molar-refractivity contribution in [1.82, 2.24) is 14.7 Å². The Bertz CT molecular complexity index is 452. The Balaban J connectivity index is 2.19. The third-order valence-electron chi connectivity index (χ3n) is 3.82. The molecule has 1 aromatic heterocycles. The maximum Gasteiger partial charge on any atom is 0.272 e. The highest BCUT2D eigenvalue weighted by molar-refractivity contribution is 5.93. The van der Waals surface area contributed by atoms with E-state index in [9.17, 15) is 4.79 Å². The molecule has 1 aromatic rings. The number of likely N-dealkylation sites (tertiary alicyclic amines) is 1. The van der Waals surface area contributed by atoms with Crippen LogP contribution in [0.15, 0.2) is 6.07 Å². The van der Waals surface area contributed by atoms with E-state index in [1.54, 1.807) is 0 Å². The summed E-state index contributed by atoms with van der Waals surface area (Å²) < 4.78 is 1.81. The Morgan fingerprint density at radius 1 is 1.58 bits per heavy atom. The molecule has 1 unspecified atom stereocenters. The Morgan fingerprint density at radius 2 is 2.32 bits per heavy atom. The van der Waals surface area contributed by atoms with Gasteiger partial charge in [0, 0.05) is 19.6 Å². The summed E-state index contributed by atoms with van der Waals surface area (Å²) in [6, 6.07) is 1.94. The number of nitrogens with two attached hydrogens (primary N) is 1. The molecule has 0 aromatic carbocycles. The molecule has 1 fully saturated rings. The fourth-order valence-electron chi connectivity index (χ4n) is 2.50. The number of carbonyl (C=O) groups excluding carboxylic acids is 1. The number of rotatable bonds is 4. The first kappa shape index (κ1) is 14.1. The first-order valence-corrected chi connectivity index (χ1v) is 7.13. The highest BCUT2D eigenvalue weighted by atomic mass is 16.2. The van der Waals surface area contributed by atoms with Crippen LogP contribution in [0.25, 0.3) is 0 Å². The van der Waals surface area contributed by atoms with E-state index in [0.29, 0.717) is 24.1 Å². The first-order chi connectivity index (χ1) is 9.06. The predicted molar refractivity (Wildman–Crippen MR) is 75.1 cm³/mol. The molecule has 0 spiro atoms. The number of carbonyl (C=O) groups is 1. The second kappa shape index (κ2) is 5.74. The largest absolute Gasteiger partial charge is 0.337 e. The molecular formula is C14H24N4O. The van der Waals surface area contributed by atoms with Crippen molar-refractivity contribution in [2.75, 3.05) is 19.6 Å². The molecule has 1 aliphatic rings. The van der Waals surface area contributed by atoms with E-state index in [4.69, 9.17) is 5.73 Å². The number of nitrogens with zero attached hydrogens (tertiary/aromatic N) is 3. The second-order valence-corrected chi connectivity index (χ2v) is 5.57. The number of hydrogen-bond acceptors (Lipinski definition) is 3. The number of hydrogen-bond donors (Lipinski definition) is 1. The summed E-state index contributed by atoms with van der Waals surface area (Å²) in [7, 11) is 0. The molecule has 0 bridgehead atoms. The average molecular weight is 264 g/mol. The van der Waals surface area contributed by atoms with Crippen LogP contribution in [-0.4, -0.2) is 40.2 Å². The summed E-state index contributed by atoms with van der Waals surface area (Å²) in [5.41, 5.74) is 7.38. The minimum atomic E-state index is 0.0946. The molecule has 106 valence electrons. The number of aryl methyl sites for hydroxylation is 1. The van der Waals surface area contributed by atoms with Crippen molar-refractivity contribution in [3.05, 3.63) is 17.5 Å². The first-order valence-electron chi connectivity index (χ1n) is 7.13. The number of amides is 1. The van der Waals surface area contributed by atoms with E-state index in [2.05, 4.69) is 18.9 Å². The Labute approximate surface area is 114 Å². The molecule has 2 rings (SSSR count). The van der Waals surface area contributed by atoms with Crippen molar-refractivity contribution in [2.45, 2.75) is 39.7 Å². The van der Waals surface area contributed by atoms with Crippen LogP contribution >= 0.6 is 0 Å². The quantitative estimate of drug-likeness (QED) is 0.895. The van der Waals surface area contributed by atoms with Gasteiger partial charge in [-0.15, -0.1) is 0 Å². The van der Waals surface area contributed by atoms with E-state index in [-0.39, 0.29) is 5.91 Å². The third-order valence-corrected chi connectivity index (χ3v) is 3.82. The normalized spacial score (nSPS) is 19.4. The molecule has 1 aliphatic heterocycles. The van der Waals surface area contributed by atoms with E-state index in [1.807, 2.05) is 22.6 Å². The monoisotopic (exact) mass is 264 g/mol. The van der Waals surface area contributed by atoms with Crippen molar-refractivity contribution in [1.29, 1.82) is 0 Å². The lowest BCUT2D eigenvalue weighted by atomic mass is 10.1. The fraction of sp³-hybridized carbons (Fsp3) is 0.714. The van der Waals surface area contributed by atoms with E-state index in [1.165, 1.54) is 0 Å². The molecule has 0 radical (unpaired) electrons. The number of aromatic nitrogens is 2. The molecule has 5 heteroatoms. The molecule has 0 saturated carbocycles. The van der Waals surface area contributed by atoms with Crippen LogP contribution in [0.3, 0.4) is 0 Å².